The third kappa shape index (κ3) is 3.42. The molecule has 0 aromatic rings. The lowest BCUT2D eigenvalue weighted by molar-refractivity contribution is -0.138. The molecule has 1 atom stereocenters. The molecule has 6 nitrogen and oxygen atoms in total. The van der Waals surface area contributed by atoms with E-state index in [9.17, 15) is 9.59 Å². The van der Waals surface area contributed by atoms with Crippen LogP contribution in [-0.2, 0) is 4.79 Å². The van der Waals surface area contributed by atoms with Crippen molar-refractivity contribution in [2.75, 3.05) is 6.54 Å². The number of nitriles is 1. The van der Waals surface area contributed by atoms with Gasteiger partial charge >= 0.3 is 12.0 Å². The van der Waals surface area contributed by atoms with E-state index in [1.807, 2.05) is 6.07 Å². The van der Waals surface area contributed by atoms with E-state index < -0.39 is 18.0 Å². The Hall–Kier alpha value is -1.77. The summed E-state index contributed by atoms with van der Waals surface area (Å²) in [6.07, 6.45) is 2.13. The molecular weight excluding hydrogens is 210 g/mol. The maximum atomic E-state index is 11.7. The van der Waals surface area contributed by atoms with Gasteiger partial charge in [-0.2, -0.15) is 5.26 Å². The van der Waals surface area contributed by atoms with Crippen molar-refractivity contribution in [2.45, 2.75) is 38.3 Å². The van der Waals surface area contributed by atoms with E-state index >= 15 is 0 Å². The lowest BCUT2D eigenvalue weighted by Crippen LogP contribution is -2.47. The minimum Gasteiger partial charge on any atom is -0.480 e. The van der Waals surface area contributed by atoms with Crippen LogP contribution in [0.3, 0.4) is 0 Å². The molecule has 88 valence electrons. The van der Waals surface area contributed by atoms with Gasteiger partial charge < -0.3 is 15.3 Å². The molecule has 1 aliphatic rings. The van der Waals surface area contributed by atoms with Crippen molar-refractivity contribution in [2.24, 2.45) is 0 Å². The Bertz CT molecular complexity index is 320. The highest BCUT2D eigenvalue weighted by molar-refractivity contribution is 5.82. The van der Waals surface area contributed by atoms with Crippen molar-refractivity contribution in [1.29, 1.82) is 5.26 Å². The summed E-state index contributed by atoms with van der Waals surface area (Å²) in [7, 11) is 0. The number of carboxylic acid groups (broad SMARTS) is 1. The second-order valence-corrected chi connectivity index (χ2v) is 3.84. The molecule has 0 spiro atoms. The molecule has 2 N–H and O–H groups in total. The van der Waals surface area contributed by atoms with Crippen LogP contribution in [0.1, 0.15) is 26.2 Å². The van der Waals surface area contributed by atoms with Gasteiger partial charge in [-0.05, 0) is 19.8 Å². The molecule has 0 saturated heterocycles. The van der Waals surface area contributed by atoms with E-state index in [4.69, 9.17) is 10.4 Å². The predicted molar refractivity (Wildman–Crippen MR) is 55.6 cm³/mol. The summed E-state index contributed by atoms with van der Waals surface area (Å²) in [6, 6.07) is 0.847. The molecule has 0 aliphatic heterocycles. The van der Waals surface area contributed by atoms with E-state index in [2.05, 4.69) is 5.32 Å². The number of carboxylic acids is 1. The van der Waals surface area contributed by atoms with Crippen molar-refractivity contribution >= 4 is 12.0 Å². The van der Waals surface area contributed by atoms with Gasteiger partial charge in [0.25, 0.3) is 0 Å². The van der Waals surface area contributed by atoms with Crippen LogP contribution in [0, 0.1) is 11.3 Å². The number of carbonyl (C=O) groups excluding carboxylic acids is 1. The molecule has 2 amide bonds. The Morgan fingerprint density at radius 3 is 2.69 bits per heavy atom. The Labute approximate surface area is 93.8 Å². The smallest absolute Gasteiger partial charge is 0.325 e. The average Bonchev–Trinajstić information content (AvgIpc) is 3.02. The second kappa shape index (κ2) is 5.35. The third-order valence-corrected chi connectivity index (χ3v) is 2.42. The molecule has 1 fully saturated rings. The van der Waals surface area contributed by atoms with Crippen molar-refractivity contribution in [3.8, 4) is 6.07 Å². The molecule has 0 bridgehead atoms. The van der Waals surface area contributed by atoms with Gasteiger partial charge in [-0.3, -0.25) is 4.79 Å². The molecular formula is C10H15N3O3. The fourth-order valence-electron chi connectivity index (χ4n) is 1.34. The van der Waals surface area contributed by atoms with Gasteiger partial charge in [-0.25, -0.2) is 4.79 Å². The zero-order valence-corrected chi connectivity index (χ0v) is 9.14. The highest BCUT2D eigenvalue weighted by Gasteiger charge is 2.33. The normalized spacial score (nSPS) is 16.0. The Morgan fingerprint density at radius 2 is 2.25 bits per heavy atom. The average molecular weight is 225 g/mol. The van der Waals surface area contributed by atoms with Crippen LogP contribution in [0.25, 0.3) is 0 Å². The molecule has 0 radical (unpaired) electrons. The van der Waals surface area contributed by atoms with Gasteiger partial charge in [0.05, 0.1) is 12.5 Å². The number of amides is 2. The summed E-state index contributed by atoms with van der Waals surface area (Å²) >= 11 is 0. The van der Waals surface area contributed by atoms with E-state index in [-0.39, 0.29) is 12.5 Å². The first-order valence-electron chi connectivity index (χ1n) is 5.23. The van der Waals surface area contributed by atoms with Crippen LogP contribution in [-0.4, -0.2) is 40.6 Å². The van der Waals surface area contributed by atoms with Crippen LogP contribution < -0.4 is 5.32 Å². The zero-order valence-electron chi connectivity index (χ0n) is 9.14. The summed E-state index contributed by atoms with van der Waals surface area (Å²) in [5.41, 5.74) is 0. The fraction of sp³-hybridized carbons (Fsp3) is 0.700. The van der Waals surface area contributed by atoms with E-state index in [0.29, 0.717) is 6.54 Å². The summed E-state index contributed by atoms with van der Waals surface area (Å²) in [6.45, 7) is 1.77. The predicted octanol–water partition coefficient (Wildman–Crippen LogP) is 0.547. The maximum Gasteiger partial charge on any atom is 0.325 e. The number of hydrogen-bond donors (Lipinski definition) is 2. The number of nitrogens with one attached hydrogen (secondary N) is 1. The molecule has 1 rings (SSSR count). The number of carbonyl (C=O) groups is 2. The number of aliphatic carboxylic acids is 1. The van der Waals surface area contributed by atoms with E-state index in [1.165, 1.54) is 6.92 Å². The zero-order chi connectivity index (χ0) is 12.1. The van der Waals surface area contributed by atoms with Crippen molar-refractivity contribution in [3.05, 3.63) is 0 Å². The second-order valence-electron chi connectivity index (χ2n) is 3.84. The molecule has 1 aliphatic carbocycles. The summed E-state index contributed by atoms with van der Waals surface area (Å²) < 4.78 is 0. The SMILES string of the molecule is C[C@H](NC(=O)N(CCC#N)C1CC1)C(=O)O. The lowest BCUT2D eigenvalue weighted by atomic mass is 10.3. The lowest BCUT2D eigenvalue weighted by Gasteiger charge is -2.22. The van der Waals surface area contributed by atoms with Crippen molar-refractivity contribution < 1.29 is 14.7 Å². The third-order valence-electron chi connectivity index (χ3n) is 2.42. The van der Waals surface area contributed by atoms with Crippen molar-refractivity contribution in [1.82, 2.24) is 10.2 Å². The van der Waals surface area contributed by atoms with Crippen LogP contribution in [0.4, 0.5) is 4.79 Å². The first kappa shape index (κ1) is 12.3. The summed E-state index contributed by atoms with van der Waals surface area (Å²) in [5, 5.41) is 19.5. The number of hydrogen-bond acceptors (Lipinski definition) is 3. The molecule has 0 unspecified atom stereocenters. The van der Waals surface area contributed by atoms with Gasteiger partial charge in [0.15, 0.2) is 0 Å². The minimum absolute atomic E-state index is 0.175. The highest BCUT2D eigenvalue weighted by Crippen LogP contribution is 2.26. The highest BCUT2D eigenvalue weighted by atomic mass is 16.4. The van der Waals surface area contributed by atoms with Crippen LogP contribution >= 0.6 is 0 Å². The van der Waals surface area contributed by atoms with Crippen molar-refractivity contribution in [3.63, 3.8) is 0 Å². The van der Waals surface area contributed by atoms with Gasteiger partial charge in [0, 0.05) is 12.6 Å². The monoisotopic (exact) mass is 225 g/mol. The Kier molecular flexibility index (Phi) is 4.11. The molecule has 0 heterocycles. The van der Waals surface area contributed by atoms with Crippen LogP contribution in [0.2, 0.25) is 0 Å². The number of urea groups is 1. The largest absolute Gasteiger partial charge is 0.480 e. The quantitative estimate of drug-likeness (QED) is 0.714. The molecule has 6 heteroatoms. The fourth-order valence-corrected chi connectivity index (χ4v) is 1.34. The number of rotatable bonds is 5. The Balaban J connectivity index is 2.47. The summed E-state index contributed by atoms with van der Waals surface area (Å²) in [5.74, 6) is -1.07. The first-order valence-corrected chi connectivity index (χ1v) is 5.23. The maximum absolute atomic E-state index is 11.7. The standard InChI is InChI=1S/C10H15N3O3/c1-7(9(14)15)12-10(16)13(6-2-5-11)8-3-4-8/h7-8H,2-4,6H2,1H3,(H,12,16)(H,14,15)/t7-/m0/s1. The first-order chi connectivity index (χ1) is 7.56. The topological polar surface area (TPSA) is 93.4 Å². The van der Waals surface area contributed by atoms with E-state index in [0.717, 1.165) is 12.8 Å². The van der Waals surface area contributed by atoms with Gasteiger partial charge in [0.1, 0.15) is 6.04 Å². The van der Waals surface area contributed by atoms with Gasteiger partial charge in [-0.15, -0.1) is 0 Å². The molecule has 16 heavy (non-hydrogen) atoms. The minimum atomic E-state index is -1.07. The number of nitrogens with zero attached hydrogens (tertiary/aromatic N) is 2. The van der Waals surface area contributed by atoms with Crippen LogP contribution in [0.15, 0.2) is 0 Å². The van der Waals surface area contributed by atoms with Crippen LogP contribution in [0.5, 0.6) is 0 Å². The van der Waals surface area contributed by atoms with Gasteiger partial charge in [0.2, 0.25) is 0 Å². The molecule has 0 aromatic carbocycles. The molecule has 1 saturated carbocycles. The Morgan fingerprint density at radius 1 is 1.62 bits per heavy atom. The summed E-state index contributed by atoms with van der Waals surface area (Å²) in [4.78, 5) is 23.8. The molecule has 0 aromatic heterocycles. The van der Waals surface area contributed by atoms with E-state index in [1.54, 1.807) is 4.90 Å². The van der Waals surface area contributed by atoms with Gasteiger partial charge in [-0.1, -0.05) is 0 Å².